The minimum atomic E-state index is 0.913. The van der Waals surface area contributed by atoms with Crippen LogP contribution in [0.15, 0.2) is 235 Å². The lowest BCUT2D eigenvalue weighted by atomic mass is 9.97. The van der Waals surface area contributed by atoms with E-state index in [1.807, 2.05) is 6.07 Å². The van der Waals surface area contributed by atoms with Gasteiger partial charge in [-0.1, -0.05) is 140 Å². The Balaban J connectivity index is 0.930. The minimum absolute atomic E-state index is 0.913. The van der Waals surface area contributed by atoms with Crippen molar-refractivity contribution in [1.82, 2.24) is 4.57 Å². The van der Waals surface area contributed by atoms with Crippen molar-refractivity contribution in [2.24, 2.45) is 0 Å². The summed E-state index contributed by atoms with van der Waals surface area (Å²) in [4.78, 5) is 2.32. The maximum absolute atomic E-state index is 6.52. The minimum Gasteiger partial charge on any atom is -0.455 e. The first-order valence-corrected chi connectivity index (χ1v) is 20.8. The fourth-order valence-corrected chi connectivity index (χ4v) is 9.19. The first-order valence-electron chi connectivity index (χ1n) is 20.8. The van der Waals surface area contributed by atoms with Crippen molar-refractivity contribution in [3.63, 3.8) is 0 Å². The van der Waals surface area contributed by atoms with E-state index in [0.717, 1.165) is 61.0 Å². The van der Waals surface area contributed by atoms with Gasteiger partial charge in [-0.2, -0.15) is 0 Å². The van der Waals surface area contributed by atoms with E-state index < -0.39 is 0 Å². The number of fused-ring (bicyclic) bond motifs is 8. The van der Waals surface area contributed by atoms with Crippen LogP contribution in [0.1, 0.15) is 0 Å². The average molecular weight is 779 g/mol. The third kappa shape index (κ3) is 5.98. The van der Waals surface area contributed by atoms with Crippen molar-refractivity contribution in [1.29, 1.82) is 0 Å². The van der Waals surface area contributed by atoms with E-state index in [1.54, 1.807) is 0 Å². The molecular weight excluding hydrogens is 741 g/mol. The standard InChI is InChI=1S/C58H38N2O/c1-4-13-39(14-5-1)40-23-29-48(30-24-40)59(46-17-6-2-7-18-46)49-31-25-41(26-32-49)42-15-12-16-43(35-42)44-28-34-55-53(36-44)54-37-45-27-33-51-50-21-10-11-22-57(50)61-58(51)52(45)38-56(54)60(55)47-19-8-3-9-20-47/h1-38H. The SMILES string of the molecule is c1ccc(-c2ccc(N(c3ccccc3)c3ccc(-c4cccc(-c5ccc6c(c5)c5cc7ccc8c9ccccc9oc8c7cc5n6-c5ccccc5)c4)cc3)cc2)cc1. The van der Waals surface area contributed by atoms with Gasteiger partial charge in [-0.15, -0.1) is 0 Å². The second-order valence-corrected chi connectivity index (χ2v) is 15.7. The van der Waals surface area contributed by atoms with Crippen molar-refractivity contribution < 1.29 is 4.42 Å². The van der Waals surface area contributed by atoms with E-state index in [-0.39, 0.29) is 0 Å². The van der Waals surface area contributed by atoms with E-state index in [0.29, 0.717) is 0 Å². The van der Waals surface area contributed by atoms with E-state index in [1.165, 1.54) is 49.7 Å². The molecule has 0 aliphatic carbocycles. The molecule has 0 saturated heterocycles. The number of nitrogens with zero attached hydrogens (tertiary/aromatic N) is 2. The fourth-order valence-electron chi connectivity index (χ4n) is 9.19. The molecule has 10 aromatic carbocycles. The van der Waals surface area contributed by atoms with Crippen LogP contribution in [0.5, 0.6) is 0 Å². The van der Waals surface area contributed by atoms with Crippen LogP contribution in [0.2, 0.25) is 0 Å². The molecule has 0 aliphatic heterocycles. The van der Waals surface area contributed by atoms with Gasteiger partial charge in [-0.05, 0) is 130 Å². The summed E-state index contributed by atoms with van der Waals surface area (Å²) in [6.07, 6.45) is 0. The van der Waals surface area contributed by atoms with Gasteiger partial charge in [0, 0.05) is 49.7 Å². The lowest BCUT2D eigenvalue weighted by Gasteiger charge is -2.26. The topological polar surface area (TPSA) is 21.3 Å². The van der Waals surface area contributed by atoms with Gasteiger partial charge in [0.15, 0.2) is 0 Å². The summed E-state index contributed by atoms with van der Waals surface area (Å²) in [5.41, 5.74) is 15.8. The van der Waals surface area contributed by atoms with Crippen LogP contribution < -0.4 is 4.90 Å². The Morgan fingerprint density at radius 3 is 1.59 bits per heavy atom. The van der Waals surface area contributed by atoms with Crippen molar-refractivity contribution in [2.45, 2.75) is 0 Å². The van der Waals surface area contributed by atoms with Gasteiger partial charge in [0.1, 0.15) is 11.2 Å². The van der Waals surface area contributed by atoms with Crippen molar-refractivity contribution in [3.05, 3.63) is 231 Å². The first-order chi connectivity index (χ1) is 30.2. The maximum Gasteiger partial charge on any atom is 0.143 e. The predicted molar refractivity (Wildman–Crippen MR) is 257 cm³/mol. The molecule has 3 nitrogen and oxygen atoms in total. The van der Waals surface area contributed by atoms with Crippen molar-refractivity contribution >= 4 is 71.6 Å². The molecule has 0 radical (unpaired) electrons. The number of furan rings is 1. The molecule has 2 heterocycles. The molecule has 0 bridgehead atoms. The molecule has 12 rings (SSSR count). The number of hydrogen-bond donors (Lipinski definition) is 0. The molecule has 0 aliphatic rings. The summed E-state index contributed by atoms with van der Waals surface area (Å²) in [5.74, 6) is 0. The van der Waals surface area contributed by atoms with Crippen LogP contribution in [-0.4, -0.2) is 4.57 Å². The molecule has 12 aromatic rings. The van der Waals surface area contributed by atoms with E-state index in [9.17, 15) is 0 Å². The van der Waals surface area contributed by atoms with E-state index in [4.69, 9.17) is 4.42 Å². The van der Waals surface area contributed by atoms with Gasteiger partial charge in [0.05, 0.1) is 11.0 Å². The number of hydrogen-bond acceptors (Lipinski definition) is 2. The summed E-state index contributed by atoms with van der Waals surface area (Å²) in [5, 5.41) is 7.00. The Bertz CT molecular complexity index is 3550. The highest BCUT2D eigenvalue weighted by Crippen LogP contribution is 2.42. The molecule has 2 aromatic heterocycles. The maximum atomic E-state index is 6.52. The number of rotatable bonds is 7. The lowest BCUT2D eigenvalue weighted by molar-refractivity contribution is 0.672. The number of anilines is 3. The van der Waals surface area contributed by atoms with Gasteiger partial charge in [0.25, 0.3) is 0 Å². The van der Waals surface area contributed by atoms with E-state index >= 15 is 0 Å². The Morgan fingerprint density at radius 2 is 0.852 bits per heavy atom. The van der Waals surface area contributed by atoms with Crippen LogP contribution in [0, 0.1) is 0 Å². The molecule has 286 valence electrons. The third-order valence-corrected chi connectivity index (χ3v) is 12.2. The third-order valence-electron chi connectivity index (χ3n) is 12.2. The molecule has 0 fully saturated rings. The average Bonchev–Trinajstić information content (AvgIpc) is 3.88. The molecule has 0 N–H and O–H groups in total. The quantitative estimate of drug-likeness (QED) is 0.161. The number of aromatic nitrogens is 1. The highest BCUT2D eigenvalue weighted by Gasteiger charge is 2.18. The second-order valence-electron chi connectivity index (χ2n) is 15.7. The zero-order valence-corrected chi connectivity index (χ0v) is 33.2. The predicted octanol–water partition coefficient (Wildman–Crippen LogP) is 16.3. The van der Waals surface area contributed by atoms with Gasteiger partial charge >= 0.3 is 0 Å². The summed E-state index contributed by atoms with van der Waals surface area (Å²) >= 11 is 0. The smallest absolute Gasteiger partial charge is 0.143 e. The van der Waals surface area contributed by atoms with Crippen LogP contribution in [0.4, 0.5) is 17.1 Å². The van der Waals surface area contributed by atoms with Crippen LogP contribution in [0.25, 0.3) is 93.6 Å². The van der Waals surface area contributed by atoms with Gasteiger partial charge < -0.3 is 13.9 Å². The highest BCUT2D eigenvalue weighted by atomic mass is 16.3. The fraction of sp³-hybridized carbons (Fsp3) is 0. The largest absolute Gasteiger partial charge is 0.455 e. The van der Waals surface area contributed by atoms with Gasteiger partial charge in [0.2, 0.25) is 0 Å². The molecule has 3 heteroatoms. The highest BCUT2D eigenvalue weighted by molar-refractivity contribution is 6.20. The first kappa shape index (κ1) is 34.9. The molecule has 61 heavy (non-hydrogen) atoms. The monoisotopic (exact) mass is 778 g/mol. The molecule has 0 atom stereocenters. The lowest BCUT2D eigenvalue weighted by Crippen LogP contribution is -2.09. The Hall–Kier alpha value is -8.14. The van der Waals surface area contributed by atoms with Gasteiger partial charge in [-0.3, -0.25) is 0 Å². The Morgan fingerprint density at radius 1 is 0.311 bits per heavy atom. The second kappa shape index (κ2) is 14.3. The molecule has 0 amide bonds. The zero-order chi connectivity index (χ0) is 40.3. The van der Waals surface area contributed by atoms with Crippen LogP contribution in [0.3, 0.4) is 0 Å². The normalized spacial score (nSPS) is 11.6. The van der Waals surface area contributed by atoms with Crippen LogP contribution in [-0.2, 0) is 0 Å². The number of benzene rings is 10. The van der Waals surface area contributed by atoms with Crippen molar-refractivity contribution in [2.75, 3.05) is 4.90 Å². The molecule has 0 spiro atoms. The number of para-hydroxylation sites is 3. The zero-order valence-electron chi connectivity index (χ0n) is 33.2. The molecule has 0 saturated carbocycles. The summed E-state index contributed by atoms with van der Waals surface area (Å²) < 4.78 is 8.92. The molecule has 0 unspecified atom stereocenters. The Kier molecular flexibility index (Phi) is 8.17. The summed E-state index contributed by atoms with van der Waals surface area (Å²) in [6.45, 7) is 0. The van der Waals surface area contributed by atoms with E-state index in [2.05, 4.69) is 234 Å². The summed E-state index contributed by atoms with van der Waals surface area (Å²) in [7, 11) is 0. The molecular formula is C58H38N2O. The van der Waals surface area contributed by atoms with Gasteiger partial charge in [-0.25, -0.2) is 0 Å². The van der Waals surface area contributed by atoms with Crippen molar-refractivity contribution in [3.8, 4) is 39.1 Å². The summed E-state index contributed by atoms with van der Waals surface area (Å²) in [6, 6.07) is 82.8. The Labute approximate surface area is 353 Å². The van der Waals surface area contributed by atoms with Crippen LogP contribution >= 0.6 is 0 Å².